The summed E-state index contributed by atoms with van der Waals surface area (Å²) in [5, 5.41) is 9.46. The third-order valence-corrected chi connectivity index (χ3v) is 2.14. The molecule has 0 fully saturated rings. The summed E-state index contributed by atoms with van der Waals surface area (Å²) in [6.45, 7) is 0. The van der Waals surface area contributed by atoms with Crippen LogP contribution in [-0.2, 0) is 4.79 Å². The number of carboxylic acids is 1. The molecule has 2 rings (SSSR count). The van der Waals surface area contributed by atoms with Crippen molar-refractivity contribution in [3.63, 3.8) is 0 Å². The number of hydrogen-bond donors (Lipinski definition) is 1. The zero-order valence-corrected chi connectivity index (χ0v) is 8.04. The quantitative estimate of drug-likeness (QED) is 0.611. The predicted octanol–water partition coefficient (Wildman–Crippen LogP) is 1.90. The van der Waals surface area contributed by atoms with Gasteiger partial charge in [-0.05, 0) is 24.3 Å². The normalized spacial score (nSPS) is 9.75. The molecular weight excluding hydrogens is 208 g/mol. The average Bonchev–Trinajstić information content (AvgIpc) is 2.29. The van der Waals surface area contributed by atoms with E-state index < -0.39 is 5.97 Å². The highest BCUT2D eigenvalue weighted by Crippen LogP contribution is 2.28. The number of pyridine rings is 1. The van der Waals surface area contributed by atoms with Crippen molar-refractivity contribution in [2.75, 3.05) is 0 Å². The van der Waals surface area contributed by atoms with E-state index >= 15 is 0 Å². The van der Waals surface area contributed by atoms with Gasteiger partial charge in [-0.1, -0.05) is 0 Å². The molecule has 0 spiro atoms. The Kier molecular flexibility index (Phi) is 2.45. The maximum atomic E-state index is 10.9. The molecule has 0 aliphatic rings. The fraction of sp³-hybridized carbons (Fsp3) is 0. The van der Waals surface area contributed by atoms with E-state index in [0.717, 1.165) is 0 Å². The molecule has 0 aliphatic heterocycles. The maximum absolute atomic E-state index is 10.9. The van der Waals surface area contributed by atoms with Crippen LogP contribution in [0.5, 0.6) is 0 Å². The van der Waals surface area contributed by atoms with E-state index in [1.54, 1.807) is 24.4 Å². The Morgan fingerprint density at radius 1 is 1.38 bits per heavy atom. The second-order valence-corrected chi connectivity index (χ2v) is 3.04. The van der Waals surface area contributed by atoms with Crippen molar-refractivity contribution in [1.82, 2.24) is 4.98 Å². The van der Waals surface area contributed by atoms with Gasteiger partial charge in [-0.15, -0.1) is 0 Å². The number of fused-ring (bicyclic) bond motifs is 1. The van der Waals surface area contributed by atoms with Gasteiger partial charge in [0.1, 0.15) is 5.69 Å². The van der Waals surface area contributed by atoms with E-state index in [1.165, 1.54) is 12.1 Å². The van der Waals surface area contributed by atoms with Crippen LogP contribution in [0, 0.1) is 0 Å². The molecule has 0 aliphatic carbocycles. The average molecular weight is 214 g/mol. The van der Waals surface area contributed by atoms with Gasteiger partial charge in [0.15, 0.2) is 0 Å². The van der Waals surface area contributed by atoms with Crippen molar-refractivity contribution in [2.24, 2.45) is 4.99 Å². The molecular formula is C11H6N2O3. The molecule has 1 heterocycles. The molecule has 0 radical (unpaired) electrons. The highest BCUT2D eigenvalue weighted by Gasteiger charge is 2.13. The number of carboxylic acid groups (broad SMARTS) is 1. The van der Waals surface area contributed by atoms with Crippen molar-refractivity contribution in [3.05, 3.63) is 36.0 Å². The van der Waals surface area contributed by atoms with Crippen LogP contribution in [0.15, 0.2) is 35.5 Å². The lowest BCUT2D eigenvalue weighted by atomic mass is 10.1. The third-order valence-electron chi connectivity index (χ3n) is 2.14. The van der Waals surface area contributed by atoms with E-state index in [-0.39, 0.29) is 11.3 Å². The van der Waals surface area contributed by atoms with Crippen LogP contribution < -0.4 is 0 Å². The summed E-state index contributed by atoms with van der Waals surface area (Å²) in [6, 6.07) is 6.25. The SMILES string of the molecule is O=C=Nc1c(C(=O)O)ccc2ncccc12. The summed E-state index contributed by atoms with van der Waals surface area (Å²) in [7, 11) is 0. The fourth-order valence-electron chi connectivity index (χ4n) is 1.48. The summed E-state index contributed by atoms with van der Waals surface area (Å²) in [6.07, 6.45) is 2.94. The van der Waals surface area contributed by atoms with Crippen molar-refractivity contribution in [1.29, 1.82) is 0 Å². The minimum Gasteiger partial charge on any atom is -0.478 e. The van der Waals surface area contributed by atoms with E-state index in [0.29, 0.717) is 10.9 Å². The molecule has 0 saturated carbocycles. The first-order chi connectivity index (χ1) is 7.74. The first-order valence-electron chi connectivity index (χ1n) is 4.43. The lowest BCUT2D eigenvalue weighted by molar-refractivity contribution is 0.0698. The molecule has 0 saturated heterocycles. The number of rotatable bonds is 2. The second-order valence-electron chi connectivity index (χ2n) is 3.04. The van der Waals surface area contributed by atoms with Crippen molar-refractivity contribution >= 4 is 28.6 Å². The molecule has 0 bridgehead atoms. The van der Waals surface area contributed by atoms with Gasteiger partial charge >= 0.3 is 5.97 Å². The third kappa shape index (κ3) is 1.55. The minimum atomic E-state index is -1.14. The van der Waals surface area contributed by atoms with E-state index in [2.05, 4.69) is 9.98 Å². The van der Waals surface area contributed by atoms with Crippen LogP contribution in [0.2, 0.25) is 0 Å². The van der Waals surface area contributed by atoms with Gasteiger partial charge in [-0.3, -0.25) is 4.98 Å². The molecule has 1 N–H and O–H groups in total. The minimum absolute atomic E-state index is 0.0381. The van der Waals surface area contributed by atoms with Crippen LogP contribution in [-0.4, -0.2) is 22.1 Å². The van der Waals surface area contributed by atoms with Gasteiger partial charge in [-0.2, -0.15) is 4.99 Å². The van der Waals surface area contributed by atoms with Crippen LogP contribution >= 0.6 is 0 Å². The summed E-state index contributed by atoms with van der Waals surface area (Å²) in [4.78, 5) is 28.7. The molecule has 78 valence electrons. The summed E-state index contributed by atoms with van der Waals surface area (Å²) in [5.41, 5.74) is 0.637. The number of aromatic nitrogens is 1. The number of carbonyl (C=O) groups excluding carboxylic acids is 1. The zero-order chi connectivity index (χ0) is 11.5. The summed E-state index contributed by atoms with van der Waals surface area (Å²) >= 11 is 0. The first-order valence-corrected chi connectivity index (χ1v) is 4.43. The summed E-state index contributed by atoms with van der Waals surface area (Å²) in [5.74, 6) is -1.14. The molecule has 0 atom stereocenters. The van der Waals surface area contributed by atoms with Crippen molar-refractivity contribution in [2.45, 2.75) is 0 Å². The molecule has 0 unspecified atom stereocenters. The molecule has 2 aromatic rings. The Balaban J connectivity index is 2.89. The number of benzene rings is 1. The molecule has 0 amide bonds. The van der Waals surface area contributed by atoms with Crippen LogP contribution in [0.1, 0.15) is 10.4 Å². The fourth-order valence-corrected chi connectivity index (χ4v) is 1.48. The molecule has 1 aromatic heterocycles. The van der Waals surface area contributed by atoms with E-state index in [9.17, 15) is 9.59 Å². The maximum Gasteiger partial charge on any atom is 0.337 e. The second kappa shape index (κ2) is 3.92. The highest BCUT2D eigenvalue weighted by molar-refractivity contribution is 6.04. The largest absolute Gasteiger partial charge is 0.478 e. The number of carbonyl (C=O) groups is 1. The Labute approximate surface area is 90.1 Å². The Hall–Kier alpha value is -2.52. The number of aliphatic imine (C=N–C) groups is 1. The van der Waals surface area contributed by atoms with Gasteiger partial charge in [0.05, 0.1) is 11.1 Å². The Morgan fingerprint density at radius 2 is 2.19 bits per heavy atom. The number of nitrogens with zero attached hydrogens (tertiary/aromatic N) is 2. The van der Waals surface area contributed by atoms with Crippen LogP contribution in [0.4, 0.5) is 5.69 Å². The van der Waals surface area contributed by atoms with Gasteiger partial charge in [0, 0.05) is 11.6 Å². The van der Waals surface area contributed by atoms with Crippen LogP contribution in [0.3, 0.4) is 0 Å². The number of isocyanates is 1. The van der Waals surface area contributed by atoms with E-state index in [4.69, 9.17) is 5.11 Å². The molecule has 5 heteroatoms. The topological polar surface area (TPSA) is 79.6 Å². The van der Waals surface area contributed by atoms with Crippen molar-refractivity contribution < 1.29 is 14.7 Å². The van der Waals surface area contributed by atoms with Gasteiger partial charge in [-0.25, -0.2) is 9.59 Å². The van der Waals surface area contributed by atoms with Gasteiger partial charge in [0.2, 0.25) is 6.08 Å². The Bertz CT molecular complexity index is 616. The standard InChI is InChI=1S/C11H6N2O3/c14-6-13-10-7-2-1-5-12-9(7)4-3-8(10)11(15)16/h1-5H,(H,15,16). The van der Waals surface area contributed by atoms with E-state index in [1.807, 2.05) is 0 Å². The molecule has 16 heavy (non-hydrogen) atoms. The molecule has 5 nitrogen and oxygen atoms in total. The van der Waals surface area contributed by atoms with Gasteiger partial charge < -0.3 is 5.11 Å². The summed E-state index contributed by atoms with van der Waals surface area (Å²) < 4.78 is 0. The number of aromatic carboxylic acids is 1. The van der Waals surface area contributed by atoms with Crippen molar-refractivity contribution in [3.8, 4) is 0 Å². The lowest BCUT2D eigenvalue weighted by Gasteiger charge is -2.03. The first kappa shape index (κ1) is 10.0. The van der Waals surface area contributed by atoms with Gasteiger partial charge in [0.25, 0.3) is 0 Å². The molecule has 1 aromatic carbocycles. The zero-order valence-electron chi connectivity index (χ0n) is 8.04. The monoisotopic (exact) mass is 214 g/mol. The predicted molar refractivity (Wildman–Crippen MR) is 56.5 cm³/mol. The lowest BCUT2D eigenvalue weighted by Crippen LogP contribution is -1.97. The smallest absolute Gasteiger partial charge is 0.337 e. The Morgan fingerprint density at radius 3 is 2.88 bits per heavy atom. The highest BCUT2D eigenvalue weighted by atomic mass is 16.4. The number of hydrogen-bond acceptors (Lipinski definition) is 4. The van der Waals surface area contributed by atoms with Crippen LogP contribution in [0.25, 0.3) is 10.9 Å².